The van der Waals surface area contributed by atoms with Crippen molar-refractivity contribution in [1.29, 1.82) is 0 Å². The summed E-state index contributed by atoms with van der Waals surface area (Å²) in [5.41, 5.74) is 0. The molecule has 0 aromatic rings. The van der Waals surface area contributed by atoms with Gasteiger partial charge in [-0.3, -0.25) is 0 Å². The van der Waals surface area contributed by atoms with Crippen molar-refractivity contribution in [3.05, 3.63) is 0 Å². The first kappa shape index (κ1) is 31.2. The van der Waals surface area contributed by atoms with Gasteiger partial charge in [-0.1, -0.05) is 0 Å². The smallest absolute Gasteiger partial charge is 0.332 e. The summed E-state index contributed by atoms with van der Waals surface area (Å²) in [6, 6.07) is 0. The van der Waals surface area contributed by atoms with Crippen molar-refractivity contribution in [3.8, 4) is 0 Å². The second-order valence-corrected chi connectivity index (χ2v) is 1.01. The van der Waals surface area contributed by atoms with Crippen molar-refractivity contribution in [3.63, 3.8) is 0 Å². The van der Waals surface area contributed by atoms with Gasteiger partial charge in [-0.2, -0.15) is 0 Å². The van der Waals surface area contributed by atoms with Crippen LogP contribution in [0.25, 0.3) is 0 Å². The Hall–Kier alpha value is 0.570. The fourth-order valence-electron chi connectivity index (χ4n) is 0. The molecule has 62 valence electrons. The fourth-order valence-corrected chi connectivity index (χ4v) is 0. The van der Waals surface area contributed by atoms with E-state index >= 15 is 0 Å². The van der Waals surface area contributed by atoms with Gasteiger partial charge in [-0.25, -0.2) is 4.79 Å². The first-order valence-electron chi connectivity index (χ1n) is 1.55. The SMILES string of the molecule is CC(O)C(=O)O.O.O.O.[Ca]. The summed E-state index contributed by atoms with van der Waals surface area (Å²) in [5.74, 6) is -1.19. The maximum Gasteiger partial charge on any atom is 0.332 e. The zero-order valence-corrected chi connectivity index (χ0v) is 7.80. The maximum absolute atomic E-state index is 9.45. The second kappa shape index (κ2) is 16.3. The first-order chi connectivity index (χ1) is 2.64. The van der Waals surface area contributed by atoms with Crippen LogP contribution in [0.2, 0.25) is 0 Å². The number of aliphatic hydroxyl groups excluding tert-OH is 1. The number of carbonyl (C=O) groups is 1. The van der Waals surface area contributed by atoms with Crippen molar-refractivity contribution >= 4 is 43.7 Å². The summed E-state index contributed by atoms with van der Waals surface area (Å²) in [5, 5.41) is 15.8. The monoisotopic (exact) mass is 184 g/mol. The van der Waals surface area contributed by atoms with Gasteiger partial charge in [0.2, 0.25) is 0 Å². The van der Waals surface area contributed by atoms with E-state index in [1.54, 1.807) is 0 Å². The molecule has 0 aromatic heterocycles. The third-order valence-corrected chi connectivity index (χ3v) is 0.357. The van der Waals surface area contributed by atoms with Crippen LogP contribution in [-0.4, -0.2) is 76.5 Å². The number of carboxylic acid groups (broad SMARTS) is 1. The third-order valence-electron chi connectivity index (χ3n) is 0.357. The number of hydrogen-bond acceptors (Lipinski definition) is 2. The largest absolute Gasteiger partial charge is 0.479 e. The Kier molecular flexibility index (Phi) is 50.8. The molecular formula is C3H12CaO6. The van der Waals surface area contributed by atoms with Crippen LogP contribution < -0.4 is 0 Å². The van der Waals surface area contributed by atoms with Crippen molar-refractivity contribution in [2.75, 3.05) is 0 Å². The molecule has 0 aliphatic rings. The van der Waals surface area contributed by atoms with E-state index in [9.17, 15) is 4.79 Å². The summed E-state index contributed by atoms with van der Waals surface area (Å²) in [4.78, 5) is 9.45. The minimum absolute atomic E-state index is 0. The van der Waals surface area contributed by atoms with Gasteiger partial charge in [-0.05, 0) is 6.92 Å². The van der Waals surface area contributed by atoms with Crippen molar-refractivity contribution < 1.29 is 31.4 Å². The Labute approximate surface area is 87.8 Å². The van der Waals surface area contributed by atoms with E-state index in [-0.39, 0.29) is 54.2 Å². The van der Waals surface area contributed by atoms with Crippen molar-refractivity contribution in [1.82, 2.24) is 0 Å². The van der Waals surface area contributed by atoms with E-state index in [0.717, 1.165) is 0 Å². The molecule has 10 heavy (non-hydrogen) atoms. The summed E-state index contributed by atoms with van der Waals surface area (Å²) < 4.78 is 0. The van der Waals surface area contributed by atoms with Gasteiger partial charge >= 0.3 is 5.97 Å². The molecule has 7 heteroatoms. The Bertz CT molecular complexity index is 64.0. The van der Waals surface area contributed by atoms with Crippen LogP contribution in [0, 0.1) is 0 Å². The molecule has 0 amide bonds. The molecule has 0 aliphatic carbocycles. The molecule has 0 spiro atoms. The molecule has 0 rings (SSSR count). The van der Waals surface area contributed by atoms with Crippen LogP contribution in [0.1, 0.15) is 6.92 Å². The number of carboxylic acids is 1. The average Bonchev–Trinajstić information content (AvgIpc) is 1.36. The molecule has 1 atom stereocenters. The zero-order valence-electron chi connectivity index (χ0n) is 5.59. The van der Waals surface area contributed by atoms with E-state index in [1.807, 2.05) is 0 Å². The van der Waals surface area contributed by atoms with Gasteiger partial charge in [0, 0.05) is 37.7 Å². The number of aliphatic carboxylic acids is 1. The first-order valence-corrected chi connectivity index (χ1v) is 1.55. The van der Waals surface area contributed by atoms with Gasteiger partial charge in [0.15, 0.2) is 0 Å². The number of hydrogen-bond donors (Lipinski definition) is 2. The summed E-state index contributed by atoms with van der Waals surface area (Å²) in [7, 11) is 0. The van der Waals surface area contributed by atoms with Gasteiger partial charge in [0.1, 0.15) is 6.10 Å². The van der Waals surface area contributed by atoms with Gasteiger partial charge in [0.05, 0.1) is 0 Å². The minimum Gasteiger partial charge on any atom is -0.479 e. The molecule has 1 unspecified atom stereocenters. The Balaban J connectivity index is -0.0000000208. The van der Waals surface area contributed by atoms with E-state index in [4.69, 9.17) is 10.2 Å². The molecule has 2 radical (unpaired) electrons. The standard InChI is InChI=1S/C3H6O3.Ca.3H2O/c1-2(4)3(5)6;;;;/h2,4H,1H3,(H,5,6);;3*1H2. The van der Waals surface area contributed by atoms with Crippen LogP contribution >= 0.6 is 0 Å². The predicted molar refractivity (Wildman–Crippen MR) is 35.9 cm³/mol. The third kappa shape index (κ3) is 23.5. The molecule has 8 N–H and O–H groups in total. The van der Waals surface area contributed by atoms with Gasteiger partial charge in [0.25, 0.3) is 0 Å². The van der Waals surface area contributed by atoms with E-state index in [2.05, 4.69) is 0 Å². The van der Waals surface area contributed by atoms with Crippen LogP contribution in [0.15, 0.2) is 0 Å². The molecule has 0 aliphatic heterocycles. The molecule has 0 bridgehead atoms. The quantitative estimate of drug-likeness (QED) is 0.408. The normalized spacial score (nSPS) is 8.20. The molecule has 0 heterocycles. The molecule has 0 fully saturated rings. The van der Waals surface area contributed by atoms with Crippen LogP contribution in [0.4, 0.5) is 0 Å². The fraction of sp³-hybridized carbons (Fsp3) is 0.667. The van der Waals surface area contributed by atoms with Crippen molar-refractivity contribution in [2.24, 2.45) is 0 Å². The Morgan fingerprint density at radius 1 is 1.30 bits per heavy atom. The molecule has 6 nitrogen and oxygen atoms in total. The van der Waals surface area contributed by atoms with Crippen LogP contribution in [0.5, 0.6) is 0 Å². The Morgan fingerprint density at radius 2 is 1.40 bits per heavy atom. The van der Waals surface area contributed by atoms with E-state index in [0.29, 0.717) is 0 Å². The summed E-state index contributed by atoms with van der Waals surface area (Å²) in [6.45, 7) is 1.20. The molecule has 0 aromatic carbocycles. The average molecular weight is 184 g/mol. The number of aliphatic hydroxyl groups is 1. The summed E-state index contributed by atoms with van der Waals surface area (Å²) >= 11 is 0. The number of rotatable bonds is 1. The van der Waals surface area contributed by atoms with E-state index in [1.165, 1.54) is 6.92 Å². The Morgan fingerprint density at radius 3 is 1.40 bits per heavy atom. The van der Waals surface area contributed by atoms with Crippen molar-refractivity contribution in [2.45, 2.75) is 13.0 Å². The minimum atomic E-state index is -1.23. The maximum atomic E-state index is 9.45. The van der Waals surface area contributed by atoms with Gasteiger partial charge in [-0.15, -0.1) is 0 Å². The molecular weight excluding hydrogens is 172 g/mol. The van der Waals surface area contributed by atoms with Gasteiger partial charge < -0.3 is 26.6 Å². The van der Waals surface area contributed by atoms with E-state index < -0.39 is 12.1 Å². The molecule has 0 saturated heterocycles. The summed E-state index contributed by atoms with van der Waals surface area (Å²) in [6.07, 6.45) is -1.23. The van der Waals surface area contributed by atoms with Crippen LogP contribution in [0.3, 0.4) is 0 Å². The molecule has 0 saturated carbocycles. The second-order valence-electron chi connectivity index (χ2n) is 1.01. The predicted octanol–water partition coefficient (Wildman–Crippen LogP) is -3.40. The topological polar surface area (TPSA) is 152 Å². The zero-order chi connectivity index (χ0) is 5.15. The van der Waals surface area contributed by atoms with Crippen LogP contribution in [-0.2, 0) is 4.79 Å².